The molecule has 0 bridgehead atoms. The molecule has 16 heavy (non-hydrogen) atoms. The van der Waals surface area contributed by atoms with Gasteiger partial charge in [-0.15, -0.1) is 6.58 Å². The molecule has 0 heterocycles. The highest BCUT2D eigenvalue weighted by atomic mass is 16.6. The van der Waals surface area contributed by atoms with E-state index in [-0.39, 0.29) is 6.61 Å². The highest BCUT2D eigenvalue weighted by Crippen LogP contribution is 2.10. The highest BCUT2D eigenvalue weighted by molar-refractivity contribution is 5.66. The van der Waals surface area contributed by atoms with Crippen LogP contribution in [-0.4, -0.2) is 48.2 Å². The number of aliphatic hydroxyl groups is 2. The van der Waals surface area contributed by atoms with Gasteiger partial charge >= 0.3 is 5.97 Å². The Morgan fingerprint density at radius 1 is 1.50 bits per heavy atom. The zero-order valence-electron chi connectivity index (χ0n) is 9.50. The second-order valence-electron chi connectivity index (χ2n) is 3.11. The van der Waals surface area contributed by atoms with Crippen LogP contribution in [0.5, 0.6) is 0 Å². The normalized spacial score (nSPS) is 16.8. The summed E-state index contributed by atoms with van der Waals surface area (Å²) >= 11 is 0. The van der Waals surface area contributed by atoms with Gasteiger partial charge in [0.1, 0.15) is 18.3 Å². The van der Waals surface area contributed by atoms with Crippen molar-refractivity contribution in [2.24, 2.45) is 0 Å². The summed E-state index contributed by atoms with van der Waals surface area (Å²) in [5.74, 6) is -0.523. The fourth-order valence-electron chi connectivity index (χ4n) is 1.17. The highest BCUT2D eigenvalue weighted by Gasteiger charge is 2.26. The molecule has 5 heteroatoms. The van der Waals surface area contributed by atoms with Crippen molar-refractivity contribution in [2.75, 3.05) is 13.7 Å². The Morgan fingerprint density at radius 3 is 2.50 bits per heavy atom. The van der Waals surface area contributed by atoms with Crippen LogP contribution in [0.1, 0.15) is 6.92 Å². The standard InChI is InChI=1S/C11H18O5/c1-4-9(15-3)11(14)10(6-5-7-12)16-8(2)13/h4-6,9-12,14H,1,7H2,2-3H3/b6-5-/t9-,10+,11-/m1/s1. The fourth-order valence-corrected chi connectivity index (χ4v) is 1.17. The van der Waals surface area contributed by atoms with Gasteiger partial charge in [0.15, 0.2) is 0 Å². The lowest BCUT2D eigenvalue weighted by molar-refractivity contribution is -0.152. The number of methoxy groups -OCH3 is 1. The number of carbonyl (C=O) groups is 1. The molecule has 0 aromatic carbocycles. The number of carbonyl (C=O) groups excluding carboxylic acids is 1. The number of ether oxygens (including phenoxy) is 2. The van der Waals surface area contributed by atoms with Crippen molar-refractivity contribution in [1.82, 2.24) is 0 Å². The fraction of sp³-hybridized carbons (Fsp3) is 0.545. The number of aliphatic hydroxyl groups excluding tert-OH is 2. The molecular weight excluding hydrogens is 212 g/mol. The van der Waals surface area contributed by atoms with Crippen LogP contribution in [0, 0.1) is 0 Å². The number of hydrogen-bond donors (Lipinski definition) is 2. The van der Waals surface area contributed by atoms with Gasteiger partial charge in [-0.1, -0.05) is 12.2 Å². The summed E-state index contributed by atoms with van der Waals surface area (Å²) in [6.07, 6.45) is 1.62. The Morgan fingerprint density at radius 2 is 2.12 bits per heavy atom. The quantitative estimate of drug-likeness (QED) is 0.476. The van der Waals surface area contributed by atoms with E-state index < -0.39 is 24.3 Å². The maximum atomic E-state index is 10.8. The molecule has 0 aliphatic carbocycles. The molecule has 2 N–H and O–H groups in total. The van der Waals surface area contributed by atoms with E-state index in [9.17, 15) is 9.90 Å². The Labute approximate surface area is 95.0 Å². The van der Waals surface area contributed by atoms with Crippen LogP contribution in [0.15, 0.2) is 24.8 Å². The van der Waals surface area contributed by atoms with Gasteiger partial charge in [0.2, 0.25) is 0 Å². The first kappa shape index (κ1) is 14.8. The van der Waals surface area contributed by atoms with Crippen LogP contribution in [0.4, 0.5) is 0 Å². The van der Waals surface area contributed by atoms with Crippen LogP contribution in [0.2, 0.25) is 0 Å². The zero-order valence-corrected chi connectivity index (χ0v) is 9.50. The topological polar surface area (TPSA) is 76.0 Å². The Kier molecular flexibility index (Phi) is 7.45. The number of esters is 1. The van der Waals surface area contributed by atoms with E-state index in [1.807, 2.05) is 0 Å². The van der Waals surface area contributed by atoms with E-state index in [2.05, 4.69) is 6.58 Å². The lowest BCUT2D eigenvalue weighted by Crippen LogP contribution is -2.38. The molecule has 0 amide bonds. The zero-order chi connectivity index (χ0) is 12.6. The predicted octanol–water partition coefficient (Wildman–Crippen LogP) is 0.0285. The molecule has 92 valence electrons. The van der Waals surface area contributed by atoms with E-state index in [0.29, 0.717) is 0 Å². The third-order valence-corrected chi connectivity index (χ3v) is 1.91. The first-order valence-corrected chi connectivity index (χ1v) is 4.85. The van der Waals surface area contributed by atoms with E-state index in [1.54, 1.807) is 0 Å². The summed E-state index contributed by atoms with van der Waals surface area (Å²) in [6.45, 7) is 4.54. The molecule has 0 aromatic heterocycles. The van der Waals surface area contributed by atoms with Gasteiger partial charge in [0.05, 0.1) is 6.61 Å². The van der Waals surface area contributed by atoms with Crippen LogP contribution in [0.25, 0.3) is 0 Å². The van der Waals surface area contributed by atoms with Gasteiger partial charge in [-0.2, -0.15) is 0 Å². The smallest absolute Gasteiger partial charge is 0.303 e. The lowest BCUT2D eigenvalue weighted by Gasteiger charge is -2.24. The van der Waals surface area contributed by atoms with Crippen molar-refractivity contribution in [1.29, 1.82) is 0 Å². The molecule has 3 atom stereocenters. The van der Waals surface area contributed by atoms with Gasteiger partial charge in [0.25, 0.3) is 0 Å². The molecular formula is C11H18O5. The van der Waals surface area contributed by atoms with E-state index in [4.69, 9.17) is 14.6 Å². The molecule has 0 radical (unpaired) electrons. The molecule has 0 unspecified atom stereocenters. The molecule has 0 spiro atoms. The van der Waals surface area contributed by atoms with Crippen LogP contribution in [-0.2, 0) is 14.3 Å². The maximum Gasteiger partial charge on any atom is 0.303 e. The second kappa shape index (κ2) is 8.04. The minimum absolute atomic E-state index is 0.198. The molecule has 0 aliphatic heterocycles. The molecule has 0 aromatic rings. The maximum absolute atomic E-state index is 10.8. The number of rotatable bonds is 7. The third kappa shape index (κ3) is 5.06. The summed E-state index contributed by atoms with van der Waals surface area (Å²) in [5, 5.41) is 18.5. The molecule has 0 aliphatic rings. The van der Waals surface area contributed by atoms with Gasteiger partial charge < -0.3 is 19.7 Å². The van der Waals surface area contributed by atoms with Crippen molar-refractivity contribution in [3.8, 4) is 0 Å². The van der Waals surface area contributed by atoms with Crippen LogP contribution >= 0.6 is 0 Å². The Balaban J connectivity index is 4.65. The summed E-state index contributed by atoms with van der Waals surface area (Å²) in [5.41, 5.74) is 0. The van der Waals surface area contributed by atoms with Crippen molar-refractivity contribution >= 4 is 5.97 Å². The van der Waals surface area contributed by atoms with Crippen molar-refractivity contribution in [2.45, 2.75) is 25.2 Å². The van der Waals surface area contributed by atoms with Gasteiger partial charge in [-0.25, -0.2) is 0 Å². The molecule has 0 rings (SSSR count). The lowest BCUT2D eigenvalue weighted by atomic mass is 10.1. The van der Waals surface area contributed by atoms with E-state index in [1.165, 1.54) is 32.3 Å². The average molecular weight is 230 g/mol. The van der Waals surface area contributed by atoms with Gasteiger partial charge in [0, 0.05) is 14.0 Å². The van der Waals surface area contributed by atoms with Crippen LogP contribution < -0.4 is 0 Å². The SMILES string of the molecule is C=C[C@@H](OC)[C@@H](O)[C@H](/C=C\CO)OC(C)=O. The van der Waals surface area contributed by atoms with E-state index in [0.717, 1.165) is 0 Å². The molecule has 0 saturated carbocycles. The summed E-state index contributed by atoms with van der Waals surface area (Å²) in [4.78, 5) is 10.8. The minimum atomic E-state index is -1.06. The Hall–Kier alpha value is -1.17. The molecule has 0 fully saturated rings. The largest absolute Gasteiger partial charge is 0.455 e. The summed E-state index contributed by atoms with van der Waals surface area (Å²) in [6, 6.07) is 0. The summed E-state index contributed by atoms with van der Waals surface area (Å²) < 4.78 is 9.83. The summed E-state index contributed by atoms with van der Waals surface area (Å²) in [7, 11) is 1.41. The third-order valence-electron chi connectivity index (χ3n) is 1.91. The monoisotopic (exact) mass is 230 g/mol. The van der Waals surface area contributed by atoms with Gasteiger partial charge in [-0.05, 0) is 6.08 Å². The minimum Gasteiger partial charge on any atom is -0.455 e. The number of hydrogen-bond acceptors (Lipinski definition) is 5. The first-order valence-electron chi connectivity index (χ1n) is 4.85. The Bertz CT molecular complexity index is 249. The van der Waals surface area contributed by atoms with Crippen molar-refractivity contribution in [3.05, 3.63) is 24.8 Å². The second-order valence-corrected chi connectivity index (χ2v) is 3.11. The van der Waals surface area contributed by atoms with Gasteiger partial charge in [-0.3, -0.25) is 4.79 Å². The molecule has 0 saturated heterocycles. The van der Waals surface area contributed by atoms with E-state index >= 15 is 0 Å². The molecule has 5 nitrogen and oxygen atoms in total. The predicted molar refractivity (Wildman–Crippen MR) is 58.8 cm³/mol. The average Bonchev–Trinajstić information content (AvgIpc) is 2.25. The van der Waals surface area contributed by atoms with Crippen molar-refractivity contribution in [3.63, 3.8) is 0 Å². The van der Waals surface area contributed by atoms with Crippen LogP contribution in [0.3, 0.4) is 0 Å². The van der Waals surface area contributed by atoms with Crippen molar-refractivity contribution < 1.29 is 24.5 Å². The first-order chi connectivity index (χ1) is 7.56.